The summed E-state index contributed by atoms with van der Waals surface area (Å²) in [7, 11) is 2.07. The Balaban J connectivity index is 2.28. The number of nitrogens with two attached hydrogens (primary N) is 1. The summed E-state index contributed by atoms with van der Waals surface area (Å²) in [5, 5.41) is 0. The Hall–Kier alpha value is -1.54. The van der Waals surface area contributed by atoms with Crippen molar-refractivity contribution in [3.63, 3.8) is 0 Å². The van der Waals surface area contributed by atoms with Gasteiger partial charge in [-0.25, -0.2) is 0 Å². The molecule has 0 fully saturated rings. The minimum Gasteiger partial charge on any atom is -0.492 e. The number of nitrogens with zero attached hydrogens (tertiary/aromatic N) is 1. The molecule has 0 heterocycles. The van der Waals surface area contributed by atoms with Crippen LogP contribution in [0.3, 0.4) is 0 Å². The summed E-state index contributed by atoms with van der Waals surface area (Å²) in [5.41, 5.74) is 6.29. The molecular formula is C17H26N2O2. The molecule has 0 aliphatic rings. The first-order valence-electron chi connectivity index (χ1n) is 7.33. The maximum atomic E-state index is 5.74. The first-order valence-corrected chi connectivity index (χ1v) is 7.33. The van der Waals surface area contributed by atoms with E-state index in [0.29, 0.717) is 13.2 Å². The van der Waals surface area contributed by atoms with Crippen LogP contribution < -0.4 is 10.5 Å². The molecule has 0 atom stereocenters. The lowest BCUT2D eigenvalue weighted by molar-refractivity contribution is 0.0616. The van der Waals surface area contributed by atoms with Crippen LogP contribution in [0.25, 0.3) is 0 Å². The Kier molecular flexibility index (Phi) is 8.53. The summed E-state index contributed by atoms with van der Waals surface area (Å²) in [6.07, 6.45) is 0.284. The van der Waals surface area contributed by atoms with Gasteiger partial charge in [-0.1, -0.05) is 17.9 Å². The number of hydrogen-bond donors (Lipinski definition) is 1. The summed E-state index contributed by atoms with van der Waals surface area (Å²) in [4.78, 5) is 2.19. The lowest BCUT2D eigenvalue weighted by atomic mass is 10.2. The molecule has 116 valence electrons. The van der Waals surface area contributed by atoms with Gasteiger partial charge >= 0.3 is 0 Å². The van der Waals surface area contributed by atoms with E-state index in [4.69, 9.17) is 15.2 Å². The molecule has 1 aromatic rings. The highest BCUT2D eigenvalue weighted by molar-refractivity contribution is 5.39. The van der Waals surface area contributed by atoms with Crippen molar-refractivity contribution in [1.82, 2.24) is 4.90 Å². The number of likely N-dealkylation sites (N-methyl/N-ethyl adjacent to an activating group) is 1. The van der Waals surface area contributed by atoms with Crippen LogP contribution >= 0.6 is 0 Å². The second kappa shape index (κ2) is 10.2. The Bertz CT molecular complexity index is 463. The fourth-order valence-electron chi connectivity index (χ4n) is 1.69. The summed E-state index contributed by atoms with van der Waals surface area (Å²) in [5.74, 6) is 6.68. The highest BCUT2D eigenvalue weighted by Crippen LogP contribution is 2.12. The van der Waals surface area contributed by atoms with Crippen LogP contribution in [0.5, 0.6) is 5.75 Å². The van der Waals surface area contributed by atoms with Gasteiger partial charge in [-0.2, -0.15) is 0 Å². The zero-order valence-corrected chi connectivity index (χ0v) is 13.3. The van der Waals surface area contributed by atoms with Crippen molar-refractivity contribution in [2.24, 2.45) is 5.73 Å². The molecule has 1 rings (SSSR count). The molecule has 0 radical (unpaired) electrons. The normalized spacial score (nSPS) is 10.6. The highest BCUT2D eigenvalue weighted by Gasteiger charge is 2.01. The topological polar surface area (TPSA) is 47.7 Å². The Labute approximate surface area is 128 Å². The molecular weight excluding hydrogens is 264 g/mol. The number of hydrogen-bond acceptors (Lipinski definition) is 4. The second-order valence-electron chi connectivity index (χ2n) is 5.11. The molecule has 0 aliphatic carbocycles. The third kappa shape index (κ3) is 8.36. The van der Waals surface area contributed by atoms with Crippen molar-refractivity contribution in [1.29, 1.82) is 0 Å². The monoisotopic (exact) mass is 290 g/mol. The number of ether oxygens (including phenoxy) is 2. The van der Waals surface area contributed by atoms with Crippen LogP contribution in [-0.4, -0.2) is 50.9 Å². The van der Waals surface area contributed by atoms with Gasteiger partial charge < -0.3 is 20.1 Å². The van der Waals surface area contributed by atoms with E-state index in [1.54, 1.807) is 0 Å². The SMILES string of the molecule is CC(C)OCCN(C)CCOc1cccc(C#CCN)c1. The molecule has 4 nitrogen and oxygen atoms in total. The third-order valence-corrected chi connectivity index (χ3v) is 2.83. The molecule has 1 aromatic carbocycles. The van der Waals surface area contributed by atoms with Crippen LogP contribution in [0.4, 0.5) is 0 Å². The van der Waals surface area contributed by atoms with Crippen molar-refractivity contribution in [2.75, 3.05) is 39.9 Å². The summed E-state index contributed by atoms with van der Waals surface area (Å²) < 4.78 is 11.3. The van der Waals surface area contributed by atoms with Gasteiger partial charge in [0, 0.05) is 18.7 Å². The molecule has 0 amide bonds. The molecule has 4 heteroatoms. The average molecular weight is 290 g/mol. The molecule has 0 aromatic heterocycles. The van der Waals surface area contributed by atoms with Crippen LogP contribution in [-0.2, 0) is 4.74 Å². The zero-order valence-electron chi connectivity index (χ0n) is 13.3. The summed E-state index contributed by atoms with van der Waals surface area (Å²) in [6, 6.07) is 7.76. The smallest absolute Gasteiger partial charge is 0.120 e. The molecule has 0 bridgehead atoms. The standard InChI is InChI=1S/C17H26N2O2/c1-15(2)20-12-10-19(3)11-13-21-17-8-4-6-16(14-17)7-5-9-18/h4,6,8,14-15H,9-13,18H2,1-3H3. The molecule has 0 unspecified atom stereocenters. The highest BCUT2D eigenvalue weighted by atomic mass is 16.5. The molecule has 0 aliphatic heterocycles. The van der Waals surface area contributed by atoms with E-state index < -0.39 is 0 Å². The number of benzene rings is 1. The van der Waals surface area contributed by atoms with Crippen LogP contribution in [0.2, 0.25) is 0 Å². The summed E-state index contributed by atoms with van der Waals surface area (Å²) >= 11 is 0. The lowest BCUT2D eigenvalue weighted by Crippen LogP contribution is -2.28. The van der Waals surface area contributed by atoms with Crippen molar-refractivity contribution in [3.8, 4) is 17.6 Å². The van der Waals surface area contributed by atoms with E-state index >= 15 is 0 Å². The molecule has 0 spiro atoms. The van der Waals surface area contributed by atoms with E-state index in [9.17, 15) is 0 Å². The van der Waals surface area contributed by atoms with E-state index in [1.807, 2.05) is 38.1 Å². The first kappa shape index (κ1) is 17.5. The van der Waals surface area contributed by atoms with E-state index in [0.717, 1.165) is 31.0 Å². The van der Waals surface area contributed by atoms with Crippen molar-refractivity contribution in [2.45, 2.75) is 20.0 Å². The van der Waals surface area contributed by atoms with Crippen LogP contribution in [0.1, 0.15) is 19.4 Å². The van der Waals surface area contributed by atoms with Gasteiger partial charge in [0.25, 0.3) is 0 Å². The second-order valence-corrected chi connectivity index (χ2v) is 5.11. The largest absolute Gasteiger partial charge is 0.492 e. The minimum absolute atomic E-state index is 0.284. The fourth-order valence-corrected chi connectivity index (χ4v) is 1.69. The maximum Gasteiger partial charge on any atom is 0.120 e. The molecule has 0 saturated carbocycles. The predicted molar refractivity (Wildman–Crippen MR) is 86.5 cm³/mol. The van der Waals surface area contributed by atoms with Gasteiger partial charge in [-0.3, -0.25) is 0 Å². The van der Waals surface area contributed by atoms with Gasteiger partial charge in [0.15, 0.2) is 0 Å². The van der Waals surface area contributed by atoms with Crippen LogP contribution in [0, 0.1) is 11.8 Å². The lowest BCUT2D eigenvalue weighted by Gasteiger charge is -2.17. The van der Waals surface area contributed by atoms with Gasteiger partial charge in [0.2, 0.25) is 0 Å². The Morgan fingerprint density at radius 2 is 2.00 bits per heavy atom. The van der Waals surface area contributed by atoms with Crippen LogP contribution in [0.15, 0.2) is 24.3 Å². The molecule has 21 heavy (non-hydrogen) atoms. The van der Waals surface area contributed by atoms with E-state index in [2.05, 4.69) is 23.8 Å². The summed E-state index contributed by atoms with van der Waals surface area (Å²) in [6.45, 7) is 7.62. The predicted octanol–water partition coefficient (Wildman–Crippen LogP) is 1.73. The van der Waals surface area contributed by atoms with Crippen molar-refractivity contribution >= 4 is 0 Å². The van der Waals surface area contributed by atoms with Gasteiger partial charge in [0.1, 0.15) is 12.4 Å². The maximum absolute atomic E-state index is 5.74. The van der Waals surface area contributed by atoms with Crippen molar-refractivity contribution < 1.29 is 9.47 Å². The Morgan fingerprint density at radius 1 is 1.24 bits per heavy atom. The van der Waals surface area contributed by atoms with Gasteiger partial charge in [0.05, 0.1) is 19.3 Å². The third-order valence-electron chi connectivity index (χ3n) is 2.83. The number of rotatable bonds is 8. The average Bonchev–Trinajstić information content (AvgIpc) is 2.45. The van der Waals surface area contributed by atoms with E-state index in [-0.39, 0.29) is 6.10 Å². The first-order chi connectivity index (χ1) is 10.1. The van der Waals surface area contributed by atoms with Crippen molar-refractivity contribution in [3.05, 3.63) is 29.8 Å². The molecule has 0 saturated heterocycles. The quantitative estimate of drug-likeness (QED) is 0.741. The molecule has 2 N–H and O–H groups in total. The van der Waals surface area contributed by atoms with E-state index in [1.165, 1.54) is 0 Å². The minimum atomic E-state index is 0.284. The van der Waals surface area contributed by atoms with Gasteiger partial charge in [-0.15, -0.1) is 0 Å². The van der Waals surface area contributed by atoms with Gasteiger partial charge in [-0.05, 0) is 39.1 Å². The fraction of sp³-hybridized carbons (Fsp3) is 0.529. The Morgan fingerprint density at radius 3 is 2.71 bits per heavy atom. The zero-order chi connectivity index (χ0) is 15.5.